The second-order valence-corrected chi connectivity index (χ2v) is 3.54. The van der Waals surface area contributed by atoms with Gasteiger partial charge < -0.3 is 10.2 Å². The highest BCUT2D eigenvalue weighted by atomic mass is 15.1. The maximum absolute atomic E-state index is 8.53. The molecular weight excluding hydrogens is 162 g/mol. The number of hydrogen-bond acceptors (Lipinski definition) is 3. The quantitative estimate of drug-likeness (QED) is 0.673. The van der Waals surface area contributed by atoms with Crippen molar-refractivity contribution in [1.29, 1.82) is 5.26 Å². The molecule has 0 aliphatic heterocycles. The van der Waals surface area contributed by atoms with E-state index in [1.54, 1.807) is 0 Å². The molecule has 0 bridgehead atoms. The molecule has 0 saturated heterocycles. The zero-order valence-corrected chi connectivity index (χ0v) is 9.17. The Kier molecular flexibility index (Phi) is 6.56. The van der Waals surface area contributed by atoms with Crippen molar-refractivity contribution in [3.05, 3.63) is 0 Å². The van der Waals surface area contributed by atoms with Crippen LogP contribution in [0.5, 0.6) is 0 Å². The van der Waals surface area contributed by atoms with E-state index in [4.69, 9.17) is 5.26 Å². The summed E-state index contributed by atoms with van der Waals surface area (Å²) in [5.41, 5.74) is 0. The smallest absolute Gasteiger partial charge is 0.0924 e. The molecule has 0 rings (SSSR count). The molecule has 0 saturated carbocycles. The zero-order chi connectivity index (χ0) is 10.3. The Morgan fingerprint density at radius 2 is 2.08 bits per heavy atom. The fourth-order valence-electron chi connectivity index (χ4n) is 1.04. The van der Waals surface area contributed by atoms with Gasteiger partial charge in [0.2, 0.25) is 0 Å². The number of rotatable bonds is 6. The lowest BCUT2D eigenvalue weighted by atomic mass is 10.2. The largest absolute Gasteiger partial charge is 0.302 e. The van der Waals surface area contributed by atoms with Gasteiger partial charge in [-0.3, -0.25) is 0 Å². The average Bonchev–Trinajstić information content (AvgIpc) is 2.15. The van der Waals surface area contributed by atoms with E-state index < -0.39 is 0 Å². The molecule has 0 aliphatic carbocycles. The number of nitrogens with one attached hydrogen (secondary N) is 1. The molecule has 3 nitrogen and oxygen atoms in total. The van der Waals surface area contributed by atoms with Crippen LogP contribution in [0.3, 0.4) is 0 Å². The van der Waals surface area contributed by atoms with Crippen LogP contribution in [0, 0.1) is 11.3 Å². The van der Waals surface area contributed by atoms with Crippen LogP contribution in [-0.2, 0) is 0 Å². The Morgan fingerprint density at radius 3 is 2.54 bits per heavy atom. The Balaban J connectivity index is 3.48. The van der Waals surface area contributed by atoms with Crippen molar-refractivity contribution >= 4 is 0 Å². The first-order chi connectivity index (χ1) is 6.11. The van der Waals surface area contributed by atoms with Crippen molar-refractivity contribution in [1.82, 2.24) is 10.2 Å². The molecule has 0 radical (unpaired) electrons. The zero-order valence-electron chi connectivity index (χ0n) is 9.17. The minimum atomic E-state index is -0.0367. The number of nitrogens with zero attached hydrogens (tertiary/aromatic N) is 2. The highest BCUT2D eigenvalue weighted by Gasteiger charge is 2.06. The minimum absolute atomic E-state index is 0.0367. The lowest BCUT2D eigenvalue weighted by Gasteiger charge is -2.23. The van der Waals surface area contributed by atoms with Crippen LogP contribution in [0.4, 0.5) is 0 Å². The number of hydrogen-bond donors (Lipinski definition) is 1. The molecule has 1 N–H and O–H groups in total. The Hall–Kier alpha value is -0.590. The van der Waals surface area contributed by atoms with Crippen LogP contribution < -0.4 is 5.32 Å². The maximum atomic E-state index is 8.53. The second-order valence-electron chi connectivity index (χ2n) is 3.54. The molecule has 0 amide bonds. The monoisotopic (exact) mass is 183 g/mol. The van der Waals surface area contributed by atoms with Crippen molar-refractivity contribution < 1.29 is 0 Å². The van der Waals surface area contributed by atoms with Crippen LogP contribution in [0.15, 0.2) is 0 Å². The van der Waals surface area contributed by atoms with Gasteiger partial charge in [-0.05, 0) is 27.3 Å². The van der Waals surface area contributed by atoms with E-state index in [0.717, 1.165) is 13.1 Å². The van der Waals surface area contributed by atoms with Crippen molar-refractivity contribution in [2.24, 2.45) is 0 Å². The van der Waals surface area contributed by atoms with E-state index in [9.17, 15) is 0 Å². The van der Waals surface area contributed by atoms with Crippen LogP contribution in [0.1, 0.15) is 27.2 Å². The molecule has 0 aromatic carbocycles. The standard InChI is InChI=1S/C10H21N3/c1-5-10(3)13(4)7-6-12-9(2)8-11/h9-10,12H,5-7H2,1-4H3. The summed E-state index contributed by atoms with van der Waals surface area (Å²) >= 11 is 0. The molecule has 2 unspecified atom stereocenters. The van der Waals surface area contributed by atoms with Crippen LogP contribution in [0.2, 0.25) is 0 Å². The van der Waals surface area contributed by atoms with Gasteiger partial charge in [0.25, 0.3) is 0 Å². The molecule has 0 aliphatic rings. The van der Waals surface area contributed by atoms with E-state index in [1.807, 2.05) is 6.92 Å². The van der Waals surface area contributed by atoms with Crippen molar-refractivity contribution in [2.45, 2.75) is 39.3 Å². The molecule has 0 aromatic heterocycles. The minimum Gasteiger partial charge on any atom is -0.302 e. The third kappa shape index (κ3) is 5.62. The summed E-state index contributed by atoms with van der Waals surface area (Å²) < 4.78 is 0. The summed E-state index contributed by atoms with van der Waals surface area (Å²) in [6.07, 6.45) is 1.17. The van der Waals surface area contributed by atoms with Gasteiger partial charge >= 0.3 is 0 Å². The summed E-state index contributed by atoms with van der Waals surface area (Å²) in [7, 11) is 2.12. The fraction of sp³-hybridized carbons (Fsp3) is 0.900. The molecule has 0 heterocycles. The first-order valence-electron chi connectivity index (χ1n) is 4.95. The molecule has 76 valence electrons. The van der Waals surface area contributed by atoms with Crippen LogP contribution >= 0.6 is 0 Å². The van der Waals surface area contributed by atoms with Gasteiger partial charge in [-0.2, -0.15) is 5.26 Å². The van der Waals surface area contributed by atoms with Gasteiger partial charge in [-0.1, -0.05) is 6.92 Å². The highest BCUT2D eigenvalue weighted by Crippen LogP contribution is 1.98. The summed E-state index contributed by atoms with van der Waals surface area (Å²) in [6.45, 7) is 8.17. The van der Waals surface area contributed by atoms with E-state index in [0.29, 0.717) is 6.04 Å². The van der Waals surface area contributed by atoms with Gasteiger partial charge in [0.05, 0.1) is 12.1 Å². The Morgan fingerprint density at radius 1 is 1.46 bits per heavy atom. The second kappa shape index (κ2) is 6.88. The van der Waals surface area contributed by atoms with Gasteiger partial charge in [-0.15, -0.1) is 0 Å². The summed E-state index contributed by atoms with van der Waals surface area (Å²) in [4.78, 5) is 2.30. The molecule has 2 atom stereocenters. The highest BCUT2D eigenvalue weighted by molar-refractivity contribution is 4.85. The lowest BCUT2D eigenvalue weighted by molar-refractivity contribution is 0.251. The van der Waals surface area contributed by atoms with E-state index >= 15 is 0 Å². The average molecular weight is 183 g/mol. The normalized spacial score (nSPS) is 15.4. The molecule has 0 spiro atoms. The molecule has 0 aromatic rings. The van der Waals surface area contributed by atoms with Gasteiger partial charge in [0.15, 0.2) is 0 Å². The third-order valence-corrected chi connectivity index (χ3v) is 2.45. The lowest BCUT2D eigenvalue weighted by Crippen LogP contribution is -2.37. The maximum Gasteiger partial charge on any atom is 0.0924 e. The number of nitriles is 1. The third-order valence-electron chi connectivity index (χ3n) is 2.45. The van der Waals surface area contributed by atoms with Crippen molar-refractivity contribution in [3.63, 3.8) is 0 Å². The van der Waals surface area contributed by atoms with E-state index in [-0.39, 0.29) is 6.04 Å². The first-order valence-corrected chi connectivity index (χ1v) is 4.95. The van der Waals surface area contributed by atoms with E-state index in [2.05, 4.69) is 37.2 Å². The Bertz CT molecular complexity index is 162. The first kappa shape index (κ1) is 12.4. The fourth-order valence-corrected chi connectivity index (χ4v) is 1.04. The molecule has 13 heavy (non-hydrogen) atoms. The predicted molar refractivity (Wildman–Crippen MR) is 55.5 cm³/mol. The Labute approximate surface area is 81.7 Å². The van der Waals surface area contributed by atoms with Crippen LogP contribution in [0.25, 0.3) is 0 Å². The molecular formula is C10H21N3. The van der Waals surface area contributed by atoms with Crippen LogP contribution in [-0.4, -0.2) is 37.1 Å². The van der Waals surface area contributed by atoms with Gasteiger partial charge in [-0.25, -0.2) is 0 Å². The predicted octanol–water partition coefficient (Wildman–Crippen LogP) is 1.22. The van der Waals surface area contributed by atoms with Gasteiger partial charge in [0, 0.05) is 19.1 Å². The molecule has 3 heteroatoms. The number of likely N-dealkylation sites (N-methyl/N-ethyl adjacent to an activating group) is 1. The molecule has 0 fully saturated rings. The van der Waals surface area contributed by atoms with Gasteiger partial charge in [0.1, 0.15) is 0 Å². The van der Waals surface area contributed by atoms with Crippen molar-refractivity contribution in [3.8, 4) is 6.07 Å². The van der Waals surface area contributed by atoms with E-state index in [1.165, 1.54) is 6.42 Å². The SMILES string of the molecule is CCC(C)N(C)CCNC(C)C#N. The summed E-state index contributed by atoms with van der Waals surface area (Å²) in [6, 6.07) is 2.74. The topological polar surface area (TPSA) is 39.1 Å². The summed E-state index contributed by atoms with van der Waals surface area (Å²) in [5, 5.41) is 11.7. The summed E-state index contributed by atoms with van der Waals surface area (Å²) in [5.74, 6) is 0. The van der Waals surface area contributed by atoms with Crippen molar-refractivity contribution in [2.75, 3.05) is 20.1 Å².